The molecule has 4 aromatic carbocycles. The van der Waals surface area contributed by atoms with Crippen LogP contribution in [-0.2, 0) is 4.79 Å². The van der Waals surface area contributed by atoms with Crippen LogP contribution < -0.4 is 15.4 Å². The number of carbonyl (C=O) groups is 2. The summed E-state index contributed by atoms with van der Waals surface area (Å²) in [5.74, 6) is 1.21. The van der Waals surface area contributed by atoms with Crippen molar-refractivity contribution in [3.63, 3.8) is 0 Å². The first kappa shape index (κ1) is 24.1. The monoisotopic (exact) mass is 482 g/mol. The molecule has 0 saturated carbocycles. The van der Waals surface area contributed by atoms with Gasteiger partial charge in [0.15, 0.2) is 0 Å². The number of nitrogens with one attached hydrogen (secondary N) is 2. The second-order valence-electron chi connectivity index (χ2n) is 8.04. The molecule has 0 aromatic heterocycles. The number of amides is 2. The number of thioether (sulfide) groups is 1. The van der Waals surface area contributed by atoms with Gasteiger partial charge in [0.2, 0.25) is 5.91 Å². The highest BCUT2D eigenvalue weighted by Crippen LogP contribution is 2.27. The van der Waals surface area contributed by atoms with Gasteiger partial charge >= 0.3 is 0 Å². The molecule has 4 aromatic rings. The first-order valence-electron chi connectivity index (χ1n) is 11.2. The molecule has 0 radical (unpaired) electrons. The van der Waals surface area contributed by atoms with Crippen LogP contribution in [0, 0.1) is 6.92 Å². The molecule has 1 atom stereocenters. The van der Waals surface area contributed by atoms with Crippen LogP contribution in [0.5, 0.6) is 11.5 Å². The Morgan fingerprint density at radius 2 is 1.37 bits per heavy atom. The van der Waals surface area contributed by atoms with Gasteiger partial charge in [0.05, 0.1) is 5.25 Å². The van der Waals surface area contributed by atoms with Gasteiger partial charge in [-0.25, -0.2) is 0 Å². The molecule has 4 rings (SSSR count). The molecule has 35 heavy (non-hydrogen) atoms. The largest absolute Gasteiger partial charge is 0.457 e. The summed E-state index contributed by atoms with van der Waals surface area (Å²) in [5.41, 5.74) is 3.06. The van der Waals surface area contributed by atoms with Crippen LogP contribution in [0.25, 0.3) is 0 Å². The zero-order valence-corrected chi connectivity index (χ0v) is 20.3. The molecular formula is C29H26N2O3S. The fraction of sp³-hybridized carbons (Fsp3) is 0.103. The maximum absolute atomic E-state index is 12.7. The van der Waals surface area contributed by atoms with Gasteiger partial charge in [-0.1, -0.05) is 35.9 Å². The average molecular weight is 483 g/mol. The lowest BCUT2D eigenvalue weighted by Gasteiger charge is -2.13. The quantitative estimate of drug-likeness (QED) is 0.262. The molecule has 0 aliphatic heterocycles. The lowest BCUT2D eigenvalue weighted by Crippen LogP contribution is -2.22. The summed E-state index contributed by atoms with van der Waals surface area (Å²) in [7, 11) is 0. The van der Waals surface area contributed by atoms with Crippen LogP contribution >= 0.6 is 11.8 Å². The number of anilines is 2. The van der Waals surface area contributed by atoms with Crippen molar-refractivity contribution in [1.29, 1.82) is 0 Å². The normalized spacial score (nSPS) is 11.4. The molecule has 0 saturated heterocycles. The van der Waals surface area contributed by atoms with E-state index in [0.717, 1.165) is 16.2 Å². The van der Waals surface area contributed by atoms with Crippen molar-refractivity contribution in [1.82, 2.24) is 0 Å². The molecular weight excluding hydrogens is 456 g/mol. The smallest absolute Gasteiger partial charge is 0.255 e. The Bertz CT molecular complexity index is 1290. The predicted octanol–water partition coefficient (Wildman–Crippen LogP) is 7.16. The zero-order chi connectivity index (χ0) is 24.6. The van der Waals surface area contributed by atoms with Gasteiger partial charge in [-0.3, -0.25) is 9.59 Å². The summed E-state index contributed by atoms with van der Waals surface area (Å²) in [6.45, 7) is 3.82. The van der Waals surface area contributed by atoms with E-state index in [-0.39, 0.29) is 17.1 Å². The van der Waals surface area contributed by atoms with E-state index < -0.39 is 0 Å². The number of para-hydroxylation sites is 1. The number of ether oxygens (including phenoxy) is 1. The van der Waals surface area contributed by atoms with E-state index in [9.17, 15) is 9.59 Å². The Morgan fingerprint density at radius 3 is 2.06 bits per heavy atom. The molecule has 0 spiro atoms. The second-order valence-corrected chi connectivity index (χ2v) is 9.45. The van der Waals surface area contributed by atoms with Crippen LogP contribution in [-0.4, -0.2) is 17.1 Å². The SMILES string of the molecule is Cc1cccc(C(=O)Nc2ccc(SC(C)C(=O)Nc3ccc(Oc4ccccc4)cc3)cc2)c1. The summed E-state index contributed by atoms with van der Waals surface area (Å²) in [6, 6.07) is 31.8. The molecule has 2 N–H and O–H groups in total. The van der Waals surface area contributed by atoms with Gasteiger partial charge in [0.1, 0.15) is 11.5 Å². The van der Waals surface area contributed by atoms with E-state index >= 15 is 0 Å². The van der Waals surface area contributed by atoms with Gasteiger partial charge in [0, 0.05) is 21.8 Å². The van der Waals surface area contributed by atoms with Gasteiger partial charge in [-0.15, -0.1) is 11.8 Å². The highest BCUT2D eigenvalue weighted by molar-refractivity contribution is 8.00. The molecule has 5 nitrogen and oxygen atoms in total. The van der Waals surface area contributed by atoms with Crippen LogP contribution in [0.1, 0.15) is 22.8 Å². The third-order valence-electron chi connectivity index (χ3n) is 5.18. The first-order valence-corrected chi connectivity index (χ1v) is 12.1. The lowest BCUT2D eigenvalue weighted by atomic mass is 10.1. The number of rotatable bonds is 8. The van der Waals surface area contributed by atoms with Crippen molar-refractivity contribution in [2.45, 2.75) is 24.0 Å². The van der Waals surface area contributed by atoms with Crippen molar-refractivity contribution in [2.24, 2.45) is 0 Å². The van der Waals surface area contributed by atoms with E-state index in [1.165, 1.54) is 11.8 Å². The lowest BCUT2D eigenvalue weighted by molar-refractivity contribution is -0.115. The molecule has 1 unspecified atom stereocenters. The second kappa shape index (κ2) is 11.4. The average Bonchev–Trinajstić information content (AvgIpc) is 2.87. The number of benzene rings is 4. The van der Waals surface area contributed by atoms with Gasteiger partial charge in [-0.05, 0) is 86.6 Å². The van der Waals surface area contributed by atoms with Crippen LogP contribution in [0.3, 0.4) is 0 Å². The van der Waals surface area contributed by atoms with Crippen molar-refractivity contribution in [3.05, 3.63) is 114 Å². The summed E-state index contributed by atoms with van der Waals surface area (Å²) in [5, 5.41) is 5.54. The number of aryl methyl sites for hydroxylation is 1. The summed E-state index contributed by atoms with van der Waals surface area (Å²) in [6.07, 6.45) is 0. The summed E-state index contributed by atoms with van der Waals surface area (Å²) >= 11 is 1.45. The van der Waals surface area contributed by atoms with Crippen molar-refractivity contribution >= 4 is 35.0 Å². The Labute approximate surface area is 209 Å². The minimum atomic E-state index is -0.303. The van der Waals surface area contributed by atoms with Crippen LogP contribution in [0.4, 0.5) is 11.4 Å². The fourth-order valence-corrected chi connectivity index (χ4v) is 4.21. The number of carbonyl (C=O) groups excluding carboxylic acids is 2. The maximum atomic E-state index is 12.7. The standard InChI is InChI=1S/C29H26N2O3S/c1-20-7-6-8-22(19-20)29(33)31-24-13-17-27(18-14-24)35-21(2)28(32)30-23-11-15-26(16-12-23)34-25-9-4-3-5-10-25/h3-19,21H,1-2H3,(H,30,32)(H,31,33). The molecule has 0 aliphatic rings. The fourth-order valence-electron chi connectivity index (χ4n) is 3.34. The van der Waals surface area contributed by atoms with E-state index in [1.807, 2.05) is 111 Å². The maximum Gasteiger partial charge on any atom is 0.255 e. The van der Waals surface area contributed by atoms with Gasteiger partial charge in [0.25, 0.3) is 5.91 Å². The summed E-state index contributed by atoms with van der Waals surface area (Å²) < 4.78 is 5.79. The predicted molar refractivity (Wildman–Crippen MR) is 142 cm³/mol. The van der Waals surface area contributed by atoms with Crippen molar-refractivity contribution in [3.8, 4) is 11.5 Å². The Hall–Kier alpha value is -4.03. The highest BCUT2D eigenvalue weighted by Gasteiger charge is 2.15. The van der Waals surface area contributed by atoms with E-state index in [4.69, 9.17) is 4.74 Å². The van der Waals surface area contributed by atoms with Crippen LogP contribution in [0.2, 0.25) is 0 Å². The molecule has 0 heterocycles. The Balaban J connectivity index is 1.28. The Morgan fingerprint density at radius 1 is 0.743 bits per heavy atom. The van der Waals surface area contributed by atoms with Crippen molar-refractivity contribution < 1.29 is 14.3 Å². The van der Waals surface area contributed by atoms with Gasteiger partial charge in [-0.2, -0.15) is 0 Å². The molecule has 176 valence electrons. The van der Waals surface area contributed by atoms with E-state index in [2.05, 4.69) is 10.6 Å². The Kier molecular flexibility index (Phi) is 7.85. The third kappa shape index (κ3) is 6.98. The minimum Gasteiger partial charge on any atom is -0.457 e. The zero-order valence-electron chi connectivity index (χ0n) is 19.5. The molecule has 2 amide bonds. The molecule has 6 heteroatoms. The third-order valence-corrected chi connectivity index (χ3v) is 6.29. The molecule has 0 aliphatic carbocycles. The topological polar surface area (TPSA) is 67.4 Å². The van der Waals surface area contributed by atoms with E-state index in [1.54, 1.807) is 6.07 Å². The van der Waals surface area contributed by atoms with E-state index in [0.29, 0.717) is 22.7 Å². The minimum absolute atomic E-state index is 0.0939. The van der Waals surface area contributed by atoms with Crippen molar-refractivity contribution in [2.75, 3.05) is 10.6 Å². The number of hydrogen-bond donors (Lipinski definition) is 2. The first-order chi connectivity index (χ1) is 17.0. The van der Waals surface area contributed by atoms with Gasteiger partial charge < -0.3 is 15.4 Å². The number of hydrogen-bond acceptors (Lipinski definition) is 4. The molecule has 0 fully saturated rings. The highest BCUT2D eigenvalue weighted by atomic mass is 32.2. The molecule has 0 bridgehead atoms. The van der Waals surface area contributed by atoms with Crippen LogP contribution in [0.15, 0.2) is 108 Å². The summed E-state index contributed by atoms with van der Waals surface area (Å²) in [4.78, 5) is 26.0.